The van der Waals surface area contributed by atoms with E-state index in [1.807, 2.05) is 0 Å². The molecule has 6 heteroatoms. The zero-order valence-electron chi connectivity index (χ0n) is 10.3. The van der Waals surface area contributed by atoms with Gasteiger partial charge in [-0.15, -0.1) is 0 Å². The third-order valence-corrected chi connectivity index (χ3v) is 3.84. The third kappa shape index (κ3) is 3.74. The topological polar surface area (TPSA) is 75.1 Å². The molecule has 0 fully saturated rings. The lowest BCUT2D eigenvalue weighted by Gasteiger charge is -2.31. The van der Waals surface area contributed by atoms with E-state index in [0.29, 0.717) is 18.7 Å². The normalized spacial score (nSPS) is 11.5. The van der Waals surface area contributed by atoms with Crippen LogP contribution in [0.5, 0.6) is 0 Å². The second-order valence-electron chi connectivity index (χ2n) is 4.16. The molecule has 1 aromatic rings. The van der Waals surface area contributed by atoms with E-state index in [4.69, 9.17) is 5.11 Å². The minimum atomic E-state index is -0.192. The molecule has 0 bridgehead atoms. The maximum Gasteiger partial charge on any atom is 0.272 e. The van der Waals surface area contributed by atoms with Crippen molar-refractivity contribution in [3.63, 3.8) is 0 Å². The number of nitrogens with zero attached hydrogens (tertiary/aromatic N) is 2. The summed E-state index contributed by atoms with van der Waals surface area (Å²) in [7, 11) is 0. The Balaban J connectivity index is 2.55. The maximum atomic E-state index is 11.7. The van der Waals surface area contributed by atoms with Gasteiger partial charge in [-0.1, -0.05) is 13.8 Å². The van der Waals surface area contributed by atoms with Gasteiger partial charge in [0.15, 0.2) is 5.69 Å². The fraction of sp³-hybridized carbons (Fsp3) is 0.727. The van der Waals surface area contributed by atoms with Crippen molar-refractivity contribution in [3.8, 4) is 0 Å². The van der Waals surface area contributed by atoms with E-state index in [-0.39, 0.29) is 17.9 Å². The second-order valence-corrected chi connectivity index (χ2v) is 4.71. The number of aliphatic hydroxyl groups is 1. The molecule has 2 N–H and O–H groups in total. The van der Waals surface area contributed by atoms with E-state index in [1.165, 1.54) is 6.20 Å². The molecular formula is C11H19N3O2S. The van der Waals surface area contributed by atoms with Gasteiger partial charge in [0, 0.05) is 13.2 Å². The number of aromatic nitrogens is 2. The van der Waals surface area contributed by atoms with E-state index in [9.17, 15) is 4.79 Å². The lowest BCUT2D eigenvalue weighted by Crippen LogP contribution is -2.37. The van der Waals surface area contributed by atoms with Gasteiger partial charge in [0.25, 0.3) is 5.91 Å². The molecule has 0 saturated carbocycles. The van der Waals surface area contributed by atoms with Gasteiger partial charge in [0.05, 0.1) is 17.9 Å². The predicted octanol–water partition coefficient (Wildman–Crippen LogP) is 1.46. The smallest absolute Gasteiger partial charge is 0.272 e. The lowest BCUT2D eigenvalue weighted by molar-refractivity contribution is 0.0903. The Kier molecular flexibility index (Phi) is 5.50. The summed E-state index contributed by atoms with van der Waals surface area (Å²) in [5.41, 5.74) is 0.341. The monoisotopic (exact) mass is 257 g/mol. The molecule has 1 amide bonds. The molecule has 96 valence electrons. The molecule has 0 aliphatic heterocycles. The first kappa shape index (κ1) is 14.1. The Morgan fingerprint density at radius 1 is 1.53 bits per heavy atom. The van der Waals surface area contributed by atoms with Crippen LogP contribution in [0.25, 0.3) is 0 Å². The number of hydrogen-bond donors (Lipinski definition) is 2. The van der Waals surface area contributed by atoms with Crippen molar-refractivity contribution in [3.05, 3.63) is 11.9 Å². The molecule has 0 aliphatic carbocycles. The van der Waals surface area contributed by atoms with Crippen molar-refractivity contribution in [2.24, 2.45) is 5.41 Å². The highest BCUT2D eigenvalue weighted by Gasteiger charge is 2.26. The zero-order valence-corrected chi connectivity index (χ0v) is 11.1. The average Bonchev–Trinajstić information content (AvgIpc) is 2.88. The standard InChI is InChI=1S/C11H19N3O2S/c1-3-11(4-2,5-6-15)8-12-10(16)9-7-13-17-14-9/h7,15H,3-6,8H2,1-2H3,(H,12,16). The van der Waals surface area contributed by atoms with Crippen LogP contribution in [0.3, 0.4) is 0 Å². The molecule has 1 aromatic heterocycles. The van der Waals surface area contributed by atoms with E-state index >= 15 is 0 Å². The SMILES string of the molecule is CCC(CC)(CCO)CNC(=O)c1cnsn1. The number of rotatable bonds is 7. The minimum Gasteiger partial charge on any atom is -0.396 e. The minimum absolute atomic E-state index is 0.0200. The zero-order chi connectivity index (χ0) is 12.7. The van der Waals surface area contributed by atoms with E-state index in [0.717, 1.165) is 24.6 Å². The van der Waals surface area contributed by atoms with Crippen LogP contribution in [0.15, 0.2) is 6.20 Å². The highest BCUT2D eigenvalue weighted by molar-refractivity contribution is 6.99. The Hall–Kier alpha value is -1.01. The Labute approximate surface area is 106 Å². The van der Waals surface area contributed by atoms with Gasteiger partial charge in [-0.25, -0.2) is 0 Å². The summed E-state index contributed by atoms with van der Waals surface area (Å²) in [4.78, 5) is 11.7. The first-order chi connectivity index (χ1) is 8.17. The first-order valence-electron chi connectivity index (χ1n) is 5.84. The van der Waals surface area contributed by atoms with Gasteiger partial charge in [0.2, 0.25) is 0 Å². The summed E-state index contributed by atoms with van der Waals surface area (Å²) in [5.74, 6) is -0.192. The van der Waals surface area contributed by atoms with Crippen LogP contribution in [0.1, 0.15) is 43.6 Å². The molecule has 1 rings (SSSR count). The molecule has 0 aromatic carbocycles. The van der Waals surface area contributed by atoms with Crippen molar-refractivity contribution in [1.29, 1.82) is 0 Å². The Morgan fingerprint density at radius 3 is 2.71 bits per heavy atom. The Bertz CT molecular complexity index is 336. The van der Waals surface area contributed by atoms with Gasteiger partial charge in [-0.3, -0.25) is 4.79 Å². The van der Waals surface area contributed by atoms with Crippen molar-refractivity contribution in [2.75, 3.05) is 13.2 Å². The molecule has 0 unspecified atom stereocenters. The molecular weight excluding hydrogens is 238 g/mol. The Morgan fingerprint density at radius 2 is 2.24 bits per heavy atom. The molecule has 0 atom stereocenters. The fourth-order valence-corrected chi connectivity index (χ4v) is 2.21. The van der Waals surface area contributed by atoms with Crippen LogP contribution >= 0.6 is 11.7 Å². The lowest BCUT2D eigenvalue weighted by atomic mass is 9.79. The molecule has 1 heterocycles. The summed E-state index contributed by atoms with van der Waals surface area (Å²) in [6.07, 6.45) is 4.03. The summed E-state index contributed by atoms with van der Waals surface area (Å²) >= 11 is 1.02. The summed E-state index contributed by atoms with van der Waals surface area (Å²) in [6.45, 7) is 4.87. The van der Waals surface area contributed by atoms with Crippen LogP contribution in [-0.4, -0.2) is 32.9 Å². The number of nitrogens with one attached hydrogen (secondary N) is 1. The van der Waals surface area contributed by atoms with Crippen LogP contribution < -0.4 is 5.32 Å². The van der Waals surface area contributed by atoms with Crippen LogP contribution in [-0.2, 0) is 0 Å². The fourth-order valence-electron chi connectivity index (χ4n) is 1.80. The second kappa shape index (κ2) is 6.66. The van der Waals surface area contributed by atoms with Gasteiger partial charge in [0.1, 0.15) is 0 Å². The van der Waals surface area contributed by atoms with Gasteiger partial charge in [-0.2, -0.15) is 8.75 Å². The van der Waals surface area contributed by atoms with Crippen molar-refractivity contribution >= 4 is 17.6 Å². The third-order valence-electron chi connectivity index (χ3n) is 3.36. The number of amides is 1. The molecule has 5 nitrogen and oxygen atoms in total. The van der Waals surface area contributed by atoms with Crippen LogP contribution in [0.2, 0.25) is 0 Å². The molecule has 0 radical (unpaired) electrons. The summed E-state index contributed by atoms with van der Waals surface area (Å²) in [6, 6.07) is 0. The van der Waals surface area contributed by atoms with Crippen molar-refractivity contribution < 1.29 is 9.90 Å². The first-order valence-corrected chi connectivity index (χ1v) is 6.57. The number of carbonyl (C=O) groups is 1. The molecule has 0 saturated heterocycles. The largest absolute Gasteiger partial charge is 0.396 e. The van der Waals surface area contributed by atoms with E-state index in [1.54, 1.807) is 0 Å². The number of hydrogen-bond acceptors (Lipinski definition) is 5. The highest BCUT2D eigenvalue weighted by atomic mass is 32.1. The van der Waals surface area contributed by atoms with Crippen LogP contribution in [0, 0.1) is 5.41 Å². The molecule has 0 spiro atoms. The van der Waals surface area contributed by atoms with Crippen LogP contribution in [0.4, 0.5) is 0 Å². The van der Waals surface area contributed by atoms with Gasteiger partial charge >= 0.3 is 0 Å². The van der Waals surface area contributed by atoms with E-state index in [2.05, 4.69) is 27.9 Å². The number of aliphatic hydroxyl groups excluding tert-OH is 1. The quantitative estimate of drug-likeness (QED) is 0.775. The van der Waals surface area contributed by atoms with E-state index < -0.39 is 0 Å². The summed E-state index contributed by atoms with van der Waals surface area (Å²) < 4.78 is 7.68. The average molecular weight is 257 g/mol. The maximum absolute atomic E-state index is 11.7. The molecule has 0 aliphatic rings. The van der Waals surface area contributed by atoms with Gasteiger partial charge in [-0.05, 0) is 24.7 Å². The predicted molar refractivity (Wildman–Crippen MR) is 67.0 cm³/mol. The van der Waals surface area contributed by atoms with Gasteiger partial charge < -0.3 is 10.4 Å². The molecule has 17 heavy (non-hydrogen) atoms. The highest BCUT2D eigenvalue weighted by Crippen LogP contribution is 2.29. The van der Waals surface area contributed by atoms with Crippen molar-refractivity contribution in [1.82, 2.24) is 14.1 Å². The van der Waals surface area contributed by atoms with Crippen molar-refractivity contribution in [2.45, 2.75) is 33.1 Å². The summed E-state index contributed by atoms with van der Waals surface area (Å²) in [5, 5.41) is 11.9. The number of carbonyl (C=O) groups excluding carboxylic acids is 1.